The van der Waals surface area contributed by atoms with Crippen molar-refractivity contribution in [3.8, 4) is 11.8 Å². The van der Waals surface area contributed by atoms with Crippen molar-refractivity contribution < 1.29 is 0 Å². The third-order valence-electron chi connectivity index (χ3n) is 4.76. The third-order valence-corrected chi connectivity index (χ3v) is 5.86. The molecule has 1 saturated carbocycles. The predicted molar refractivity (Wildman–Crippen MR) is 97.6 cm³/mol. The summed E-state index contributed by atoms with van der Waals surface area (Å²) in [4.78, 5) is 0.557. The number of halogens is 1. The van der Waals surface area contributed by atoms with Gasteiger partial charge in [-0.15, -0.1) is 0 Å². The number of allylic oxidation sites excluding steroid dienone is 8. The molecule has 3 aliphatic rings. The zero-order valence-electron chi connectivity index (χ0n) is 13.0. The van der Waals surface area contributed by atoms with Crippen LogP contribution in [-0.2, 0) is 0 Å². The summed E-state index contributed by atoms with van der Waals surface area (Å²) in [6.45, 7) is 0. The minimum Gasteiger partial charge on any atom is -0.328 e. The smallest absolute Gasteiger partial charge is 0.0426 e. The zero-order chi connectivity index (χ0) is 15.4. The maximum absolute atomic E-state index is 6.17. The zero-order valence-corrected chi connectivity index (χ0v) is 14.6. The average Bonchev–Trinajstić information content (AvgIpc) is 2.56. The summed E-state index contributed by atoms with van der Waals surface area (Å²) in [5.41, 5.74) is 8.87. The van der Waals surface area contributed by atoms with Gasteiger partial charge in [-0.25, -0.2) is 0 Å². The molecule has 0 saturated heterocycles. The van der Waals surface area contributed by atoms with E-state index >= 15 is 0 Å². The van der Waals surface area contributed by atoms with Crippen molar-refractivity contribution in [2.45, 2.75) is 49.4 Å². The summed E-state index contributed by atoms with van der Waals surface area (Å²) in [5, 5.41) is 0. The molecule has 0 heterocycles. The molecule has 3 aliphatic carbocycles. The fourth-order valence-corrected chi connectivity index (χ4v) is 4.24. The van der Waals surface area contributed by atoms with E-state index in [1.165, 1.54) is 17.6 Å². The highest BCUT2D eigenvalue weighted by Crippen LogP contribution is 2.37. The van der Waals surface area contributed by atoms with Crippen molar-refractivity contribution >= 4 is 15.9 Å². The van der Waals surface area contributed by atoms with Crippen molar-refractivity contribution in [1.29, 1.82) is 0 Å². The van der Waals surface area contributed by atoms with E-state index in [0.717, 1.165) is 32.1 Å². The Balaban J connectivity index is 1.71. The minimum atomic E-state index is 0.346. The fraction of sp³-hybridized carbons (Fsp3) is 0.500. The van der Waals surface area contributed by atoms with Crippen molar-refractivity contribution in [3.05, 3.63) is 47.6 Å². The summed E-state index contributed by atoms with van der Waals surface area (Å²) in [6.07, 6.45) is 20.1. The van der Waals surface area contributed by atoms with E-state index < -0.39 is 0 Å². The SMILES string of the molecule is NC1CCC(Br)C(C2=CC(C#CC3=CC=CCC3)CC=C2)C1. The van der Waals surface area contributed by atoms with Gasteiger partial charge in [-0.1, -0.05) is 64.2 Å². The van der Waals surface area contributed by atoms with Crippen molar-refractivity contribution in [3.63, 3.8) is 0 Å². The number of rotatable bonds is 1. The second-order valence-corrected chi connectivity index (χ2v) is 7.71. The van der Waals surface area contributed by atoms with Gasteiger partial charge in [0.05, 0.1) is 0 Å². The lowest BCUT2D eigenvalue weighted by Crippen LogP contribution is -2.34. The number of nitrogens with two attached hydrogens (primary N) is 1. The maximum Gasteiger partial charge on any atom is 0.0426 e. The maximum atomic E-state index is 6.17. The van der Waals surface area contributed by atoms with Crippen LogP contribution in [0.1, 0.15) is 38.5 Å². The molecule has 2 heteroatoms. The number of hydrogen-bond donors (Lipinski definition) is 1. The normalized spacial score (nSPS) is 34.5. The molecule has 0 aromatic carbocycles. The van der Waals surface area contributed by atoms with Crippen LogP contribution in [-0.4, -0.2) is 10.9 Å². The Hall–Kier alpha value is -1.04. The Labute approximate surface area is 142 Å². The van der Waals surface area contributed by atoms with Crippen LogP contribution in [0.5, 0.6) is 0 Å². The Bertz CT molecular complexity index is 585. The third kappa shape index (κ3) is 4.03. The second kappa shape index (κ2) is 7.49. The largest absolute Gasteiger partial charge is 0.328 e. The van der Waals surface area contributed by atoms with E-state index in [9.17, 15) is 0 Å². The van der Waals surface area contributed by atoms with Gasteiger partial charge in [-0.05, 0) is 50.0 Å². The van der Waals surface area contributed by atoms with Gasteiger partial charge in [0.25, 0.3) is 0 Å². The van der Waals surface area contributed by atoms with E-state index in [1.807, 2.05) is 0 Å². The Kier molecular flexibility index (Phi) is 5.39. The van der Waals surface area contributed by atoms with Crippen LogP contribution >= 0.6 is 15.9 Å². The lowest BCUT2D eigenvalue weighted by atomic mass is 9.78. The molecule has 0 aliphatic heterocycles. The quantitative estimate of drug-likeness (QED) is 0.535. The lowest BCUT2D eigenvalue weighted by Gasteiger charge is -2.33. The van der Waals surface area contributed by atoms with Gasteiger partial charge in [0.2, 0.25) is 0 Å². The van der Waals surface area contributed by atoms with E-state index in [-0.39, 0.29) is 0 Å². The van der Waals surface area contributed by atoms with E-state index in [4.69, 9.17) is 5.73 Å². The van der Waals surface area contributed by atoms with Gasteiger partial charge in [0.1, 0.15) is 0 Å². The standard InChI is InChI=1S/C20H24BrN/c21-20-12-11-18(22)14-19(20)17-8-4-7-16(13-17)10-9-15-5-2-1-3-6-15/h1-2,4-5,8,13,16,18-20H,3,6-7,11-12,14,22H2. The van der Waals surface area contributed by atoms with Gasteiger partial charge in [0.15, 0.2) is 0 Å². The summed E-state index contributed by atoms with van der Waals surface area (Å²) < 4.78 is 0. The van der Waals surface area contributed by atoms with Gasteiger partial charge >= 0.3 is 0 Å². The molecule has 116 valence electrons. The first-order valence-electron chi connectivity index (χ1n) is 8.37. The van der Waals surface area contributed by atoms with Crippen molar-refractivity contribution in [1.82, 2.24) is 0 Å². The molecule has 3 rings (SSSR count). The highest BCUT2D eigenvalue weighted by Gasteiger charge is 2.29. The highest BCUT2D eigenvalue weighted by molar-refractivity contribution is 9.09. The van der Waals surface area contributed by atoms with E-state index in [0.29, 0.717) is 22.7 Å². The Morgan fingerprint density at radius 2 is 2.14 bits per heavy atom. The second-order valence-electron chi connectivity index (χ2n) is 6.53. The van der Waals surface area contributed by atoms with Gasteiger partial charge in [-0.3, -0.25) is 0 Å². The van der Waals surface area contributed by atoms with Crippen LogP contribution in [0.15, 0.2) is 47.6 Å². The molecule has 0 aromatic heterocycles. The van der Waals surface area contributed by atoms with Crippen molar-refractivity contribution in [2.24, 2.45) is 17.6 Å². The summed E-state index contributed by atoms with van der Waals surface area (Å²) >= 11 is 3.86. The minimum absolute atomic E-state index is 0.346. The summed E-state index contributed by atoms with van der Waals surface area (Å²) in [5.74, 6) is 7.73. The molecular weight excluding hydrogens is 334 g/mol. The van der Waals surface area contributed by atoms with E-state index in [2.05, 4.69) is 64.2 Å². The van der Waals surface area contributed by atoms with Crippen LogP contribution in [0.4, 0.5) is 0 Å². The molecule has 0 radical (unpaired) electrons. The van der Waals surface area contributed by atoms with Gasteiger partial charge < -0.3 is 5.73 Å². The summed E-state index contributed by atoms with van der Waals surface area (Å²) in [7, 11) is 0. The molecular formula is C20H24BrN. The van der Waals surface area contributed by atoms with Crippen LogP contribution in [0.2, 0.25) is 0 Å². The van der Waals surface area contributed by atoms with Crippen LogP contribution in [0, 0.1) is 23.7 Å². The Morgan fingerprint density at radius 3 is 2.95 bits per heavy atom. The molecule has 1 fully saturated rings. The highest BCUT2D eigenvalue weighted by atomic mass is 79.9. The fourth-order valence-electron chi connectivity index (χ4n) is 3.46. The molecule has 0 bridgehead atoms. The molecule has 0 aromatic rings. The molecule has 4 unspecified atom stereocenters. The van der Waals surface area contributed by atoms with Crippen molar-refractivity contribution in [2.75, 3.05) is 0 Å². The topological polar surface area (TPSA) is 26.0 Å². The van der Waals surface area contributed by atoms with Gasteiger partial charge in [0, 0.05) is 22.4 Å². The number of hydrogen-bond acceptors (Lipinski definition) is 1. The van der Waals surface area contributed by atoms with E-state index in [1.54, 1.807) is 0 Å². The predicted octanol–water partition coefficient (Wildman–Crippen LogP) is 4.66. The molecule has 2 N–H and O–H groups in total. The first-order valence-corrected chi connectivity index (χ1v) is 9.29. The molecule has 22 heavy (non-hydrogen) atoms. The van der Waals surface area contributed by atoms with Gasteiger partial charge in [-0.2, -0.15) is 0 Å². The molecule has 4 atom stereocenters. The molecule has 0 amide bonds. The average molecular weight is 358 g/mol. The van der Waals surface area contributed by atoms with Crippen LogP contribution in [0.25, 0.3) is 0 Å². The first kappa shape index (κ1) is 15.8. The lowest BCUT2D eigenvalue weighted by molar-refractivity contribution is 0.376. The Morgan fingerprint density at radius 1 is 1.23 bits per heavy atom. The molecule has 1 nitrogen and oxygen atoms in total. The molecule has 0 spiro atoms. The van der Waals surface area contributed by atoms with Crippen LogP contribution < -0.4 is 5.73 Å². The summed E-state index contributed by atoms with van der Waals surface area (Å²) in [6, 6.07) is 0.346. The van der Waals surface area contributed by atoms with Crippen LogP contribution in [0.3, 0.4) is 0 Å². The monoisotopic (exact) mass is 357 g/mol. The number of alkyl halides is 1. The first-order chi connectivity index (χ1) is 10.7.